The highest BCUT2D eigenvalue weighted by Crippen LogP contribution is 2.41. The molecule has 0 bridgehead atoms. The Bertz CT molecular complexity index is 1310. The van der Waals surface area contributed by atoms with Crippen molar-refractivity contribution in [1.82, 2.24) is 9.55 Å². The van der Waals surface area contributed by atoms with Crippen LogP contribution in [0.15, 0.2) is 60.7 Å². The van der Waals surface area contributed by atoms with Gasteiger partial charge in [0.2, 0.25) is 5.75 Å². The SMILES string of the molecule is COc1cc(-n2c(-c3ccccc3)nc3ccc(OCCCCCC(=O)O)cc32)cc(OC)c1OC. The highest BCUT2D eigenvalue weighted by molar-refractivity contribution is 5.85. The number of hydrogen-bond acceptors (Lipinski definition) is 6. The van der Waals surface area contributed by atoms with Crippen molar-refractivity contribution in [2.24, 2.45) is 0 Å². The lowest BCUT2D eigenvalue weighted by Gasteiger charge is -2.16. The van der Waals surface area contributed by atoms with E-state index in [0.717, 1.165) is 41.0 Å². The number of hydrogen-bond donors (Lipinski definition) is 1. The Kier molecular flexibility index (Phi) is 7.95. The molecule has 36 heavy (non-hydrogen) atoms. The van der Waals surface area contributed by atoms with Crippen molar-refractivity contribution in [1.29, 1.82) is 0 Å². The van der Waals surface area contributed by atoms with Gasteiger partial charge in [-0.2, -0.15) is 0 Å². The molecule has 0 aliphatic rings. The van der Waals surface area contributed by atoms with Crippen molar-refractivity contribution in [3.63, 3.8) is 0 Å². The second kappa shape index (κ2) is 11.5. The van der Waals surface area contributed by atoms with Crippen LogP contribution in [0.3, 0.4) is 0 Å². The average Bonchev–Trinajstić information content (AvgIpc) is 3.29. The summed E-state index contributed by atoms with van der Waals surface area (Å²) in [7, 11) is 4.76. The van der Waals surface area contributed by atoms with Crippen molar-refractivity contribution in [3.8, 4) is 40.1 Å². The Morgan fingerprint density at radius 1 is 0.889 bits per heavy atom. The Labute approximate surface area is 210 Å². The van der Waals surface area contributed by atoms with Crippen LogP contribution in [0.2, 0.25) is 0 Å². The summed E-state index contributed by atoms with van der Waals surface area (Å²) in [6.45, 7) is 0.509. The summed E-state index contributed by atoms with van der Waals surface area (Å²) in [6.07, 6.45) is 2.41. The lowest BCUT2D eigenvalue weighted by atomic mass is 10.2. The van der Waals surface area contributed by atoms with E-state index in [2.05, 4.69) is 4.57 Å². The molecule has 0 saturated heterocycles. The molecular formula is C28H30N2O6. The van der Waals surface area contributed by atoms with E-state index in [1.165, 1.54) is 0 Å². The maximum Gasteiger partial charge on any atom is 0.303 e. The Balaban J connectivity index is 1.75. The molecule has 4 rings (SSSR count). The first kappa shape index (κ1) is 24.9. The number of ether oxygens (including phenoxy) is 4. The van der Waals surface area contributed by atoms with E-state index in [9.17, 15) is 4.79 Å². The molecule has 0 amide bonds. The van der Waals surface area contributed by atoms with Gasteiger partial charge in [0.1, 0.15) is 11.6 Å². The van der Waals surface area contributed by atoms with Gasteiger partial charge in [-0.15, -0.1) is 0 Å². The first-order valence-electron chi connectivity index (χ1n) is 11.8. The van der Waals surface area contributed by atoms with Crippen LogP contribution in [0.5, 0.6) is 23.0 Å². The second-order valence-electron chi connectivity index (χ2n) is 8.22. The number of benzene rings is 3. The summed E-state index contributed by atoms with van der Waals surface area (Å²) in [5.41, 5.74) is 3.45. The highest BCUT2D eigenvalue weighted by Gasteiger charge is 2.20. The molecule has 0 saturated carbocycles. The van der Waals surface area contributed by atoms with Gasteiger partial charge >= 0.3 is 5.97 Å². The van der Waals surface area contributed by atoms with Gasteiger partial charge < -0.3 is 24.1 Å². The third-order valence-electron chi connectivity index (χ3n) is 5.87. The van der Waals surface area contributed by atoms with Gasteiger partial charge in [0.25, 0.3) is 0 Å². The third-order valence-corrected chi connectivity index (χ3v) is 5.87. The fraction of sp³-hybridized carbons (Fsp3) is 0.286. The number of fused-ring (bicyclic) bond motifs is 1. The molecule has 1 heterocycles. The van der Waals surface area contributed by atoms with Gasteiger partial charge in [-0.3, -0.25) is 9.36 Å². The van der Waals surface area contributed by atoms with Gasteiger partial charge in [-0.1, -0.05) is 30.3 Å². The van der Waals surface area contributed by atoms with Crippen molar-refractivity contribution < 1.29 is 28.8 Å². The molecule has 8 nitrogen and oxygen atoms in total. The number of aromatic nitrogens is 2. The number of aliphatic carboxylic acids is 1. The van der Waals surface area contributed by atoms with Crippen LogP contribution >= 0.6 is 0 Å². The normalized spacial score (nSPS) is 10.9. The van der Waals surface area contributed by atoms with E-state index in [-0.39, 0.29) is 6.42 Å². The summed E-state index contributed by atoms with van der Waals surface area (Å²) in [6, 6.07) is 19.6. The van der Waals surface area contributed by atoms with E-state index in [1.54, 1.807) is 21.3 Å². The minimum absolute atomic E-state index is 0.183. The van der Waals surface area contributed by atoms with Crippen LogP contribution in [0.25, 0.3) is 28.1 Å². The van der Waals surface area contributed by atoms with Crippen LogP contribution in [0, 0.1) is 0 Å². The smallest absolute Gasteiger partial charge is 0.303 e. The Hall–Kier alpha value is -4.20. The molecule has 0 unspecified atom stereocenters. The summed E-state index contributed by atoms with van der Waals surface area (Å²) in [5, 5.41) is 8.79. The van der Waals surface area contributed by atoms with Crippen LogP contribution in [-0.4, -0.2) is 48.6 Å². The van der Waals surface area contributed by atoms with E-state index in [0.29, 0.717) is 36.0 Å². The van der Waals surface area contributed by atoms with Gasteiger partial charge in [-0.25, -0.2) is 4.98 Å². The Morgan fingerprint density at radius 3 is 2.25 bits per heavy atom. The molecule has 4 aromatic rings. The summed E-state index contributed by atoms with van der Waals surface area (Å²) < 4.78 is 24.8. The van der Waals surface area contributed by atoms with Gasteiger partial charge in [0.05, 0.1) is 44.7 Å². The van der Waals surface area contributed by atoms with Crippen molar-refractivity contribution in [3.05, 3.63) is 60.7 Å². The molecule has 0 atom stereocenters. The lowest BCUT2D eigenvalue weighted by Crippen LogP contribution is -2.02. The van der Waals surface area contributed by atoms with Crippen LogP contribution in [-0.2, 0) is 4.79 Å². The monoisotopic (exact) mass is 490 g/mol. The molecule has 0 fully saturated rings. The number of carbonyl (C=O) groups is 1. The lowest BCUT2D eigenvalue weighted by molar-refractivity contribution is -0.137. The minimum Gasteiger partial charge on any atom is -0.494 e. The topological polar surface area (TPSA) is 92.0 Å². The number of carboxylic acid groups (broad SMARTS) is 1. The van der Waals surface area contributed by atoms with Crippen LogP contribution in [0.4, 0.5) is 0 Å². The molecule has 0 aliphatic heterocycles. The summed E-state index contributed by atoms with van der Waals surface area (Å²) >= 11 is 0. The fourth-order valence-corrected chi connectivity index (χ4v) is 4.13. The van der Waals surface area contributed by atoms with Crippen LogP contribution in [0.1, 0.15) is 25.7 Å². The molecular weight excluding hydrogens is 460 g/mol. The zero-order chi connectivity index (χ0) is 25.5. The standard InChI is InChI=1S/C28H30N2O6/c1-33-24-16-20(17-25(34-2)27(24)35-3)30-23-18-21(36-15-9-5-8-12-26(31)32)13-14-22(23)29-28(30)19-10-6-4-7-11-19/h4,6-7,10-11,13-14,16-18H,5,8-9,12,15H2,1-3H3,(H,31,32). The first-order valence-corrected chi connectivity index (χ1v) is 11.8. The maximum atomic E-state index is 10.7. The summed E-state index contributed by atoms with van der Waals surface area (Å²) in [5.74, 6) is 2.32. The molecule has 0 radical (unpaired) electrons. The van der Waals surface area contributed by atoms with Gasteiger partial charge in [-0.05, 0) is 31.4 Å². The zero-order valence-corrected chi connectivity index (χ0v) is 20.7. The summed E-state index contributed by atoms with van der Waals surface area (Å²) in [4.78, 5) is 15.6. The zero-order valence-electron chi connectivity index (χ0n) is 20.7. The van der Waals surface area contributed by atoms with E-state index < -0.39 is 5.97 Å². The van der Waals surface area contributed by atoms with Gasteiger partial charge in [0.15, 0.2) is 11.5 Å². The molecule has 3 aromatic carbocycles. The molecule has 0 spiro atoms. The predicted molar refractivity (Wildman–Crippen MR) is 138 cm³/mol. The molecule has 1 N–H and O–H groups in total. The van der Waals surface area contributed by atoms with Crippen molar-refractivity contribution in [2.45, 2.75) is 25.7 Å². The fourth-order valence-electron chi connectivity index (χ4n) is 4.13. The highest BCUT2D eigenvalue weighted by atomic mass is 16.5. The Morgan fingerprint density at radius 2 is 1.61 bits per heavy atom. The first-order chi connectivity index (χ1) is 17.5. The third kappa shape index (κ3) is 5.38. The number of imidazole rings is 1. The number of nitrogens with zero attached hydrogens (tertiary/aromatic N) is 2. The average molecular weight is 491 g/mol. The quantitative estimate of drug-likeness (QED) is 0.253. The largest absolute Gasteiger partial charge is 0.494 e. The molecule has 0 aliphatic carbocycles. The van der Waals surface area contributed by atoms with E-state index >= 15 is 0 Å². The van der Waals surface area contributed by atoms with E-state index in [4.69, 9.17) is 29.0 Å². The second-order valence-corrected chi connectivity index (χ2v) is 8.22. The minimum atomic E-state index is -0.768. The predicted octanol–water partition coefficient (Wildman–Crippen LogP) is 5.74. The number of rotatable bonds is 12. The molecule has 1 aromatic heterocycles. The van der Waals surface area contributed by atoms with Crippen LogP contribution < -0.4 is 18.9 Å². The van der Waals surface area contributed by atoms with Crippen molar-refractivity contribution in [2.75, 3.05) is 27.9 Å². The van der Waals surface area contributed by atoms with E-state index in [1.807, 2.05) is 60.7 Å². The van der Waals surface area contributed by atoms with Crippen molar-refractivity contribution >= 4 is 17.0 Å². The van der Waals surface area contributed by atoms with Gasteiger partial charge in [0, 0.05) is 30.2 Å². The number of unbranched alkanes of at least 4 members (excludes halogenated alkanes) is 2. The molecule has 8 heteroatoms. The maximum absolute atomic E-state index is 10.7. The number of methoxy groups -OCH3 is 3. The number of carboxylic acids is 1. The molecule has 188 valence electrons.